The van der Waals surface area contributed by atoms with Crippen molar-refractivity contribution in [1.29, 1.82) is 0 Å². The second kappa shape index (κ2) is 8.23. The third-order valence-electron chi connectivity index (χ3n) is 4.15. The lowest BCUT2D eigenvalue weighted by Crippen LogP contribution is -2.40. The number of nitrogens with zero attached hydrogens (tertiary/aromatic N) is 2. The molecule has 26 heavy (non-hydrogen) atoms. The quantitative estimate of drug-likeness (QED) is 0.567. The fraction of sp³-hybridized carbons (Fsp3) is 0.316. The Morgan fingerprint density at radius 3 is 2.77 bits per heavy atom. The summed E-state index contributed by atoms with van der Waals surface area (Å²) in [7, 11) is 0. The van der Waals surface area contributed by atoms with Gasteiger partial charge in [-0.1, -0.05) is 24.8 Å². The minimum absolute atomic E-state index is 0.175. The largest absolute Gasteiger partial charge is 0.490 e. The molecular formula is C19H20N2O4S. The van der Waals surface area contributed by atoms with E-state index in [0.29, 0.717) is 30.4 Å². The van der Waals surface area contributed by atoms with Crippen molar-refractivity contribution in [1.82, 2.24) is 9.80 Å². The number of hydrogen-bond acceptors (Lipinski definition) is 5. The van der Waals surface area contributed by atoms with Gasteiger partial charge in [-0.3, -0.25) is 19.3 Å². The Hall–Kier alpha value is -2.54. The smallest absolute Gasteiger partial charge is 0.294 e. The van der Waals surface area contributed by atoms with Crippen molar-refractivity contribution in [3.8, 4) is 5.75 Å². The first-order chi connectivity index (χ1) is 12.6. The van der Waals surface area contributed by atoms with Crippen molar-refractivity contribution in [3.05, 3.63) is 47.4 Å². The third-order valence-corrected chi connectivity index (χ3v) is 5.06. The Labute approximate surface area is 156 Å². The zero-order valence-electron chi connectivity index (χ0n) is 14.3. The number of thioether (sulfide) groups is 1. The van der Waals surface area contributed by atoms with Crippen LogP contribution in [0.15, 0.2) is 41.8 Å². The zero-order chi connectivity index (χ0) is 18.5. The number of imide groups is 1. The summed E-state index contributed by atoms with van der Waals surface area (Å²) in [6.07, 6.45) is 5.23. The highest BCUT2D eigenvalue weighted by Gasteiger charge is 2.37. The maximum atomic E-state index is 12.5. The molecule has 2 aliphatic rings. The highest BCUT2D eigenvalue weighted by atomic mass is 32.2. The molecule has 2 saturated heterocycles. The van der Waals surface area contributed by atoms with Crippen molar-refractivity contribution in [2.45, 2.75) is 12.8 Å². The van der Waals surface area contributed by atoms with Crippen LogP contribution < -0.4 is 4.74 Å². The van der Waals surface area contributed by atoms with Gasteiger partial charge in [-0.05, 0) is 48.4 Å². The standard InChI is InChI=1S/C19H20N2O4S/c1-2-10-25-15-7-5-6-14(11-15)12-16-18(23)21(19(24)26-16)13-17(22)20-8-3-4-9-20/h2,5-7,11-12H,1,3-4,8-10,13H2/b16-12+. The Morgan fingerprint density at radius 1 is 1.27 bits per heavy atom. The molecule has 0 bridgehead atoms. The average Bonchev–Trinajstić information content (AvgIpc) is 3.25. The van der Waals surface area contributed by atoms with E-state index in [0.717, 1.165) is 35.1 Å². The summed E-state index contributed by atoms with van der Waals surface area (Å²) >= 11 is 0.856. The molecular weight excluding hydrogens is 352 g/mol. The lowest BCUT2D eigenvalue weighted by molar-refractivity contribution is -0.135. The molecule has 2 fully saturated rings. The lowest BCUT2D eigenvalue weighted by Gasteiger charge is -2.18. The Bertz CT molecular complexity index is 769. The highest BCUT2D eigenvalue weighted by molar-refractivity contribution is 8.18. The van der Waals surface area contributed by atoms with Crippen molar-refractivity contribution in [2.75, 3.05) is 26.2 Å². The molecule has 0 atom stereocenters. The summed E-state index contributed by atoms with van der Waals surface area (Å²) < 4.78 is 5.47. The molecule has 136 valence electrons. The Kier molecular flexibility index (Phi) is 5.78. The number of rotatable bonds is 6. The maximum absolute atomic E-state index is 12.5. The van der Waals surface area contributed by atoms with Crippen LogP contribution in [0.25, 0.3) is 6.08 Å². The average molecular weight is 372 g/mol. The summed E-state index contributed by atoms with van der Waals surface area (Å²) in [5.74, 6) is 0.0536. The van der Waals surface area contributed by atoms with Crippen LogP contribution >= 0.6 is 11.8 Å². The van der Waals surface area contributed by atoms with E-state index in [1.54, 1.807) is 29.2 Å². The molecule has 1 aromatic carbocycles. The lowest BCUT2D eigenvalue weighted by atomic mass is 10.2. The van der Waals surface area contributed by atoms with E-state index in [9.17, 15) is 14.4 Å². The minimum atomic E-state index is -0.426. The molecule has 0 aromatic heterocycles. The number of ether oxygens (including phenoxy) is 1. The van der Waals surface area contributed by atoms with E-state index < -0.39 is 11.1 Å². The third kappa shape index (κ3) is 4.16. The van der Waals surface area contributed by atoms with Crippen molar-refractivity contribution in [2.24, 2.45) is 0 Å². The fourth-order valence-electron chi connectivity index (χ4n) is 2.84. The fourth-order valence-corrected chi connectivity index (χ4v) is 3.68. The first-order valence-electron chi connectivity index (χ1n) is 8.45. The van der Waals surface area contributed by atoms with Gasteiger partial charge in [0.05, 0.1) is 4.91 Å². The molecule has 0 spiro atoms. The first kappa shape index (κ1) is 18.3. The topological polar surface area (TPSA) is 66.9 Å². The van der Waals surface area contributed by atoms with Crippen LogP contribution in [0.1, 0.15) is 18.4 Å². The van der Waals surface area contributed by atoms with E-state index in [4.69, 9.17) is 4.74 Å². The summed E-state index contributed by atoms with van der Waals surface area (Å²) in [6.45, 7) is 5.19. The van der Waals surface area contributed by atoms with Crippen LogP contribution in [0.3, 0.4) is 0 Å². The van der Waals surface area contributed by atoms with E-state index in [1.165, 1.54) is 0 Å². The predicted octanol–water partition coefficient (Wildman–Crippen LogP) is 2.91. The van der Waals surface area contributed by atoms with Crippen LogP contribution in [0.5, 0.6) is 5.75 Å². The predicted molar refractivity (Wildman–Crippen MR) is 101 cm³/mol. The molecule has 0 saturated carbocycles. The monoisotopic (exact) mass is 372 g/mol. The second-order valence-corrected chi connectivity index (χ2v) is 7.02. The number of benzene rings is 1. The maximum Gasteiger partial charge on any atom is 0.294 e. The SMILES string of the molecule is C=CCOc1cccc(/C=C2/SC(=O)N(CC(=O)N3CCCC3)C2=O)c1. The molecule has 3 amide bonds. The molecule has 0 radical (unpaired) electrons. The van der Waals surface area contributed by atoms with Crippen molar-refractivity contribution in [3.63, 3.8) is 0 Å². The van der Waals surface area contributed by atoms with Crippen LogP contribution in [0.4, 0.5) is 4.79 Å². The molecule has 0 unspecified atom stereocenters. The number of carbonyl (C=O) groups is 3. The normalized spacial score (nSPS) is 18.7. The van der Waals surface area contributed by atoms with Gasteiger partial charge in [0.2, 0.25) is 5.91 Å². The first-order valence-corrected chi connectivity index (χ1v) is 9.27. The molecule has 6 nitrogen and oxygen atoms in total. The van der Waals surface area contributed by atoms with Gasteiger partial charge in [0.15, 0.2) is 0 Å². The summed E-state index contributed by atoms with van der Waals surface area (Å²) in [5.41, 5.74) is 0.753. The van der Waals surface area contributed by atoms with Crippen LogP contribution in [0, 0.1) is 0 Å². The van der Waals surface area contributed by atoms with Crippen molar-refractivity contribution >= 4 is 34.9 Å². The molecule has 3 rings (SSSR count). The van der Waals surface area contributed by atoms with Gasteiger partial charge in [0.1, 0.15) is 18.9 Å². The van der Waals surface area contributed by atoms with E-state index in [-0.39, 0.29) is 12.5 Å². The Morgan fingerprint density at radius 2 is 2.04 bits per heavy atom. The highest BCUT2D eigenvalue weighted by Crippen LogP contribution is 2.32. The molecule has 2 aliphatic heterocycles. The van der Waals surface area contributed by atoms with Gasteiger partial charge in [-0.25, -0.2) is 0 Å². The van der Waals surface area contributed by atoms with Crippen LogP contribution in [-0.2, 0) is 9.59 Å². The summed E-state index contributed by atoms with van der Waals surface area (Å²) in [5, 5.41) is -0.409. The molecule has 0 aliphatic carbocycles. The Balaban J connectivity index is 1.70. The van der Waals surface area contributed by atoms with Gasteiger partial charge in [0, 0.05) is 13.1 Å². The van der Waals surface area contributed by atoms with Crippen LogP contribution in [0.2, 0.25) is 0 Å². The van der Waals surface area contributed by atoms with Gasteiger partial charge in [0.25, 0.3) is 11.1 Å². The second-order valence-electron chi connectivity index (χ2n) is 6.03. The van der Waals surface area contributed by atoms with Gasteiger partial charge < -0.3 is 9.64 Å². The molecule has 2 heterocycles. The number of hydrogen-bond donors (Lipinski definition) is 0. The number of carbonyl (C=O) groups excluding carboxylic acids is 3. The number of amides is 3. The van der Waals surface area contributed by atoms with E-state index >= 15 is 0 Å². The van der Waals surface area contributed by atoms with Gasteiger partial charge in [-0.2, -0.15) is 0 Å². The van der Waals surface area contributed by atoms with Gasteiger partial charge in [-0.15, -0.1) is 0 Å². The van der Waals surface area contributed by atoms with E-state index in [2.05, 4.69) is 6.58 Å². The van der Waals surface area contributed by atoms with Crippen molar-refractivity contribution < 1.29 is 19.1 Å². The minimum Gasteiger partial charge on any atom is -0.490 e. The van der Waals surface area contributed by atoms with Gasteiger partial charge >= 0.3 is 0 Å². The molecule has 0 N–H and O–H groups in total. The zero-order valence-corrected chi connectivity index (χ0v) is 15.2. The summed E-state index contributed by atoms with van der Waals surface area (Å²) in [6, 6.07) is 7.23. The molecule has 7 heteroatoms. The van der Waals surface area contributed by atoms with E-state index in [1.807, 2.05) is 12.1 Å². The number of likely N-dealkylation sites (tertiary alicyclic amines) is 1. The summed E-state index contributed by atoms with van der Waals surface area (Å²) in [4.78, 5) is 40.0. The molecule has 1 aromatic rings. The van der Waals surface area contributed by atoms with Crippen LogP contribution in [-0.4, -0.2) is 53.1 Å².